The lowest BCUT2D eigenvalue weighted by atomic mass is 10.1. The first-order valence-electron chi connectivity index (χ1n) is 7.18. The van der Waals surface area contributed by atoms with Gasteiger partial charge in [-0.25, -0.2) is 0 Å². The molecule has 0 saturated heterocycles. The van der Waals surface area contributed by atoms with E-state index in [-0.39, 0.29) is 5.91 Å². The molecule has 0 aromatic heterocycles. The van der Waals surface area contributed by atoms with Crippen LogP contribution >= 0.6 is 11.8 Å². The van der Waals surface area contributed by atoms with E-state index < -0.39 is 0 Å². The molecule has 0 bridgehead atoms. The largest absolute Gasteiger partial charge is 0.326 e. The average molecular weight is 292 g/mol. The van der Waals surface area contributed by atoms with E-state index in [1.807, 2.05) is 23.9 Å². The van der Waals surface area contributed by atoms with Gasteiger partial charge in [0.25, 0.3) is 0 Å². The van der Waals surface area contributed by atoms with Crippen LogP contribution in [0.4, 0.5) is 5.69 Å². The Morgan fingerprint density at radius 3 is 2.90 bits per heavy atom. The maximum atomic E-state index is 11.1. The van der Waals surface area contributed by atoms with Crippen LogP contribution in [0.2, 0.25) is 0 Å². The highest BCUT2D eigenvalue weighted by molar-refractivity contribution is 7.99. The van der Waals surface area contributed by atoms with Gasteiger partial charge in [-0.2, -0.15) is 11.8 Å². The van der Waals surface area contributed by atoms with Gasteiger partial charge in [-0.1, -0.05) is 12.1 Å². The molecular weight excluding hydrogens is 268 g/mol. The fourth-order valence-corrected chi connectivity index (χ4v) is 3.69. The molecule has 1 aromatic rings. The second-order valence-electron chi connectivity index (χ2n) is 5.62. The summed E-state index contributed by atoms with van der Waals surface area (Å²) in [7, 11) is 2.21. The van der Waals surface area contributed by atoms with Crippen molar-refractivity contribution in [3.05, 3.63) is 29.8 Å². The van der Waals surface area contributed by atoms with Crippen molar-refractivity contribution in [2.75, 3.05) is 18.6 Å². The number of nitrogens with one attached hydrogen (secondary N) is 1. The average Bonchev–Trinajstić information content (AvgIpc) is 2.87. The smallest absolute Gasteiger partial charge is 0.221 e. The monoisotopic (exact) mass is 292 g/mol. The van der Waals surface area contributed by atoms with Crippen molar-refractivity contribution in [2.45, 2.75) is 44.0 Å². The Balaban J connectivity index is 1.94. The Morgan fingerprint density at radius 2 is 2.25 bits per heavy atom. The minimum absolute atomic E-state index is 0.0193. The fraction of sp³-hybridized carbons (Fsp3) is 0.562. The van der Waals surface area contributed by atoms with Crippen LogP contribution in [-0.2, 0) is 11.3 Å². The molecule has 2 rings (SSSR count). The molecule has 1 aliphatic carbocycles. The van der Waals surface area contributed by atoms with E-state index in [1.165, 1.54) is 24.8 Å². The first-order valence-corrected chi connectivity index (χ1v) is 8.47. The number of amides is 1. The SMILES string of the molecule is CS[C@@H]1CC[C@H](N(C)Cc2cccc(NC(C)=O)c2)C1. The van der Waals surface area contributed by atoms with Crippen molar-refractivity contribution in [1.29, 1.82) is 0 Å². The van der Waals surface area contributed by atoms with E-state index in [4.69, 9.17) is 0 Å². The van der Waals surface area contributed by atoms with Gasteiger partial charge in [0.2, 0.25) is 5.91 Å². The number of anilines is 1. The van der Waals surface area contributed by atoms with Crippen molar-refractivity contribution in [1.82, 2.24) is 4.90 Å². The van der Waals surface area contributed by atoms with E-state index in [9.17, 15) is 4.79 Å². The van der Waals surface area contributed by atoms with E-state index in [0.29, 0.717) is 6.04 Å². The Kier molecular flexibility index (Phi) is 5.49. The fourth-order valence-electron chi connectivity index (χ4n) is 2.90. The standard InChI is InChI=1S/C16H24N2OS/c1-12(19)17-14-6-4-5-13(9-14)11-18(2)15-7-8-16(10-15)20-3/h4-6,9,15-16H,7-8,10-11H2,1-3H3,(H,17,19)/t15-,16+/m0/s1. The zero-order valence-corrected chi connectivity index (χ0v) is 13.4. The van der Waals surface area contributed by atoms with E-state index in [1.54, 1.807) is 6.92 Å². The number of rotatable bonds is 5. The van der Waals surface area contributed by atoms with Crippen LogP contribution in [0.1, 0.15) is 31.7 Å². The molecule has 1 amide bonds. The summed E-state index contributed by atoms with van der Waals surface area (Å²) in [5.41, 5.74) is 2.14. The number of hydrogen-bond donors (Lipinski definition) is 1. The molecule has 3 nitrogen and oxygen atoms in total. The second-order valence-corrected chi connectivity index (χ2v) is 6.76. The van der Waals surface area contributed by atoms with Gasteiger partial charge in [0, 0.05) is 30.4 Å². The highest BCUT2D eigenvalue weighted by Gasteiger charge is 2.26. The third-order valence-electron chi connectivity index (χ3n) is 3.99. The lowest BCUT2D eigenvalue weighted by Gasteiger charge is -2.24. The Labute approximate surface area is 126 Å². The molecule has 0 radical (unpaired) electrons. The summed E-state index contributed by atoms with van der Waals surface area (Å²) in [5.74, 6) is -0.0193. The minimum Gasteiger partial charge on any atom is -0.326 e. The molecule has 110 valence electrons. The highest BCUT2D eigenvalue weighted by atomic mass is 32.2. The molecule has 1 N–H and O–H groups in total. The van der Waals surface area contributed by atoms with Crippen LogP contribution in [0.5, 0.6) is 0 Å². The molecule has 0 spiro atoms. The van der Waals surface area contributed by atoms with Gasteiger partial charge in [0.05, 0.1) is 0 Å². The van der Waals surface area contributed by atoms with E-state index >= 15 is 0 Å². The highest BCUT2D eigenvalue weighted by Crippen LogP contribution is 2.31. The predicted molar refractivity (Wildman–Crippen MR) is 87.2 cm³/mol. The third-order valence-corrected chi connectivity index (χ3v) is 5.09. The zero-order valence-electron chi connectivity index (χ0n) is 12.6. The first kappa shape index (κ1) is 15.4. The summed E-state index contributed by atoms with van der Waals surface area (Å²) in [6.45, 7) is 2.49. The number of carbonyl (C=O) groups is 1. The topological polar surface area (TPSA) is 32.3 Å². The lowest BCUT2D eigenvalue weighted by Crippen LogP contribution is -2.29. The van der Waals surface area contributed by atoms with Gasteiger partial charge < -0.3 is 5.32 Å². The van der Waals surface area contributed by atoms with Gasteiger partial charge in [-0.05, 0) is 50.3 Å². The van der Waals surface area contributed by atoms with Crippen LogP contribution in [0.15, 0.2) is 24.3 Å². The molecule has 0 unspecified atom stereocenters. The maximum absolute atomic E-state index is 11.1. The van der Waals surface area contributed by atoms with E-state index in [0.717, 1.165) is 17.5 Å². The Morgan fingerprint density at radius 1 is 1.45 bits per heavy atom. The molecule has 20 heavy (non-hydrogen) atoms. The summed E-state index contributed by atoms with van der Waals surface area (Å²) in [6, 6.07) is 8.83. The normalized spacial score (nSPS) is 22.2. The zero-order chi connectivity index (χ0) is 14.5. The van der Waals surface area contributed by atoms with Gasteiger partial charge in [-0.3, -0.25) is 9.69 Å². The van der Waals surface area contributed by atoms with Crippen LogP contribution in [0.3, 0.4) is 0 Å². The number of nitrogens with zero attached hydrogens (tertiary/aromatic N) is 1. The quantitative estimate of drug-likeness (QED) is 0.903. The van der Waals surface area contributed by atoms with Crippen molar-refractivity contribution in [3.8, 4) is 0 Å². The van der Waals surface area contributed by atoms with Crippen molar-refractivity contribution < 1.29 is 4.79 Å². The Hall–Kier alpha value is -1.00. The van der Waals surface area contributed by atoms with Crippen molar-refractivity contribution >= 4 is 23.4 Å². The van der Waals surface area contributed by atoms with Crippen LogP contribution in [0.25, 0.3) is 0 Å². The molecule has 4 heteroatoms. The molecule has 1 saturated carbocycles. The maximum Gasteiger partial charge on any atom is 0.221 e. The number of benzene rings is 1. The van der Waals surface area contributed by atoms with Gasteiger partial charge in [-0.15, -0.1) is 0 Å². The summed E-state index contributed by atoms with van der Waals surface area (Å²) in [4.78, 5) is 13.5. The predicted octanol–water partition coefficient (Wildman–Crippen LogP) is 3.36. The summed E-state index contributed by atoms with van der Waals surface area (Å²) < 4.78 is 0. The molecule has 0 aliphatic heterocycles. The molecule has 1 aromatic carbocycles. The Bertz CT molecular complexity index is 464. The molecule has 1 fully saturated rings. The lowest BCUT2D eigenvalue weighted by molar-refractivity contribution is -0.114. The van der Waals surface area contributed by atoms with Crippen molar-refractivity contribution in [3.63, 3.8) is 0 Å². The van der Waals surface area contributed by atoms with Gasteiger partial charge >= 0.3 is 0 Å². The third kappa shape index (κ3) is 4.25. The number of thioether (sulfide) groups is 1. The first-order chi connectivity index (χ1) is 9.58. The van der Waals surface area contributed by atoms with Crippen LogP contribution in [-0.4, -0.2) is 35.4 Å². The molecule has 2 atom stereocenters. The van der Waals surface area contributed by atoms with Crippen molar-refractivity contribution in [2.24, 2.45) is 0 Å². The van der Waals surface area contributed by atoms with Crippen LogP contribution in [0, 0.1) is 0 Å². The van der Waals surface area contributed by atoms with Gasteiger partial charge in [0.1, 0.15) is 0 Å². The summed E-state index contributed by atoms with van der Waals surface area (Å²) in [6.07, 6.45) is 6.14. The molecule has 1 aliphatic rings. The van der Waals surface area contributed by atoms with Crippen LogP contribution < -0.4 is 5.32 Å². The molecular formula is C16H24N2OS. The van der Waals surface area contributed by atoms with E-state index in [2.05, 4.69) is 35.7 Å². The molecule has 0 heterocycles. The van der Waals surface area contributed by atoms with Gasteiger partial charge in [0.15, 0.2) is 0 Å². The summed E-state index contributed by atoms with van der Waals surface area (Å²) >= 11 is 1.99. The minimum atomic E-state index is -0.0193. The number of hydrogen-bond acceptors (Lipinski definition) is 3. The second kappa shape index (κ2) is 7.14. The number of carbonyl (C=O) groups excluding carboxylic acids is 1. The summed E-state index contributed by atoms with van der Waals surface area (Å²) in [5, 5.41) is 3.67.